The summed E-state index contributed by atoms with van der Waals surface area (Å²) in [7, 11) is 2.26. The van der Waals surface area contributed by atoms with Gasteiger partial charge in [0, 0.05) is 56.9 Å². The molecule has 1 amide bonds. The fourth-order valence-electron chi connectivity index (χ4n) is 30.2. The molecule has 14 atom stereocenters. The highest BCUT2D eigenvalue weighted by Gasteiger charge is 2.66. The summed E-state index contributed by atoms with van der Waals surface area (Å²) < 4.78 is 5.17. The molecule has 0 N–H and O–H groups in total. The lowest BCUT2D eigenvalue weighted by molar-refractivity contribution is -0.216. The minimum atomic E-state index is -0.0904. The van der Waals surface area contributed by atoms with Gasteiger partial charge in [-0.25, -0.2) is 4.79 Å². The van der Waals surface area contributed by atoms with E-state index in [0.717, 1.165) is 138 Å². The second-order valence-corrected chi connectivity index (χ2v) is 49.1. The molecule has 10 saturated heterocycles. The summed E-state index contributed by atoms with van der Waals surface area (Å²) >= 11 is 0. The van der Waals surface area contributed by atoms with Crippen LogP contribution in [0.2, 0.25) is 0 Å². The van der Waals surface area contributed by atoms with Crippen LogP contribution in [0, 0.1) is 155 Å². The Morgan fingerprint density at radius 1 is 0.388 bits per heavy atom. The van der Waals surface area contributed by atoms with E-state index in [4.69, 9.17) is 4.74 Å². The van der Waals surface area contributed by atoms with Crippen molar-refractivity contribution in [2.45, 2.75) is 364 Å². The Balaban J connectivity index is 0.000000121. The van der Waals surface area contributed by atoms with Crippen LogP contribution in [0.4, 0.5) is 4.79 Å². The first-order valence-corrected chi connectivity index (χ1v) is 45.2. The van der Waals surface area contributed by atoms with Crippen molar-refractivity contribution in [1.29, 1.82) is 0 Å². The maximum atomic E-state index is 11.9. The number of carbonyl (C=O) groups is 1. The van der Waals surface area contributed by atoms with Gasteiger partial charge in [-0.15, -0.1) is 0 Å². The molecule has 594 valence electrons. The minimum Gasteiger partial charge on any atom is -0.450 e. The van der Waals surface area contributed by atoms with E-state index in [9.17, 15) is 4.79 Å². The van der Waals surface area contributed by atoms with Crippen molar-refractivity contribution < 1.29 is 9.53 Å². The molecule has 9 saturated carbocycles. The molecule has 7 nitrogen and oxygen atoms in total. The predicted molar refractivity (Wildman–Crippen MR) is 440 cm³/mol. The lowest BCUT2D eigenvalue weighted by Crippen LogP contribution is -2.62. The third-order valence-electron chi connectivity index (χ3n) is 33.1. The molecular formula is C96H173N5O2. The quantitative estimate of drug-likeness (QED) is 0.244. The van der Waals surface area contributed by atoms with E-state index >= 15 is 0 Å². The van der Waals surface area contributed by atoms with Crippen LogP contribution in [0.1, 0.15) is 340 Å². The standard InChI is InChI=1S/C17H30.C14H25NO2.C14H24.C13H23N.2C13H25N.C12H21N/c1-14(2,3)13-16(5)8-12-7-15(4,10-16)11-17(13,6)9-12;1-5-17-13(16)15-11-6-7-12(15)9-10(8-11)14(2,3)4;1-14(2,3)13-11-5-9-4-10(7-11)8-12(13)6-9;1-13(2,3)12-10-4-9-5-11(12)8-14(6-9)7-10;2*1-13(2,3)12-9-11-5-4-7-14(10-12)8-6-11;1-12(2,3)9-7-10-5-6-11(8-9)13(10)4/h12-13H,7-11H2,1-6H3;10-12H,5-9H2,1-4H3;9-13H,4-8H2,1-3H3;9-12H,4-8H2,1-3H3;2*11-12H,4-10H2,1-3H3;5-6,9-11H,7-8H2,1-4H3. The number of nitrogens with zero attached hydrogens (tertiary/aromatic N) is 5. The van der Waals surface area contributed by atoms with Crippen molar-refractivity contribution in [3.05, 3.63) is 12.2 Å². The van der Waals surface area contributed by atoms with Crippen LogP contribution < -0.4 is 0 Å². The second-order valence-electron chi connectivity index (χ2n) is 49.1. The van der Waals surface area contributed by atoms with Gasteiger partial charge in [-0.1, -0.05) is 178 Å². The Morgan fingerprint density at radius 2 is 0.796 bits per heavy atom. The zero-order valence-corrected chi connectivity index (χ0v) is 73.3. The predicted octanol–water partition coefficient (Wildman–Crippen LogP) is 24.4. The Bertz CT molecular complexity index is 2530. The highest BCUT2D eigenvalue weighted by Crippen LogP contribution is 2.75. The van der Waals surface area contributed by atoms with Crippen molar-refractivity contribution in [1.82, 2.24) is 24.5 Å². The minimum absolute atomic E-state index is 0.0904. The second kappa shape index (κ2) is 31.4. The van der Waals surface area contributed by atoms with E-state index in [1.54, 1.807) is 32.1 Å². The zero-order chi connectivity index (χ0) is 75.2. The number of ether oxygens (including phenoxy) is 1. The van der Waals surface area contributed by atoms with Gasteiger partial charge < -0.3 is 24.3 Å². The van der Waals surface area contributed by atoms with Crippen molar-refractivity contribution in [3.8, 4) is 0 Å². The van der Waals surface area contributed by atoms with Crippen molar-refractivity contribution in [3.63, 3.8) is 0 Å². The Labute approximate surface area is 640 Å². The summed E-state index contributed by atoms with van der Waals surface area (Å²) in [5.41, 5.74) is 5.40. The molecular weight excluding hydrogens is 1260 g/mol. The normalized spacial score (nSPS) is 44.5. The van der Waals surface area contributed by atoms with E-state index in [-0.39, 0.29) is 6.09 Å². The monoisotopic (exact) mass is 1430 g/mol. The lowest BCUT2D eigenvalue weighted by Gasteiger charge is -2.71. The lowest BCUT2D eigenvalue weighted by atomic mass is 9.34. The maximum absolute atomic E-state index is 11.9. The molecule has 0 aromatic carbocycles. The molecule has 11 heterocycles. The van der Waals surface area contributed by atoms with Gasteiger partial charge in [-0.3, -0.25) is 4.90 Å². The van der Waals surface area contributed by atoms with Crippen LogP contribution in [-0.4, -0.2) is 127 Å². The number of amides is 1. The first-order chi connectivity index (χ1) is 47.7. The fraction of sp³-hybridized carbons (Fsp3) is 0.969. The molecule has 7 heteroatoms. The van der Waals surface area contributed by atoms with Crippen LogP contribution in [0.3, 0.4) is 0 Å². The zero-order valence-electron chi connectivity index (χ0n) is 73.3. The van der Waals surface area contributed by atoms with Crippen LogP contribution in [-0.2, 0) is 4.74 Å². The fourth-order valence-corrected chi connectivity index (χ4v) is 30.2. The van der Waals surface area contributed by atoms with Gasteiger partial charge in [0.2, 0.25) is 0 Å². The molecule has 9 aliphatic carbocycles. The molecule has 20 bridgehead atoms. The summed E-state index contributed by atoms with van der Waals surface area (Å²) in [6.07, 6.45) is 42.3. The number of piperidine rings is 5. The smallest absolute Gasteiger partial charge is 0.410 e. The Hall–Kier alpha value is -1.15. The number of hydrogen-bond acceptors (Lipinski definition) is 6. The highest BCUT2D eigenvalue weighted by molar-refractivity contribution is 5.69. The molecule has 0 aromatic rings. The maximum Gasteiger partial charge on any atom is 0.410 e. The first kappa shape index (κ1) is 82.8. The van der Waals surface area contributed by atoms with Crippen LogP contribution in [0.5, 0.6) is 0 Å². The van der Waals surface area contributed by atoms with E-state index in [2.05, 4.69) is 205 Å². The molecule has 14 unspecified atom stereocenters. The summed E-state index contributed by atoms with van der Waals surface area (Å²) in [5, 5.41) is 0. The topological polar surface area (TPSA) is 42.5 Å². The molecule has 20 aliphatic rings. The summed E-state index contributed by atoms with van der Waals surface area (Å²) in [4.78, 5) is 24.6. The summed E-state index contributed by atoms with van der Waals surface area (Å²) in [6.45, 7) is 73.4. The van der Waals surface area contributed by atoms with E-state index < -0.39 is 0 Å². The highest BCUT2D eigenvalue weighted by atomic mass is 16.6. The molecule has 11 aliphatic heterocycles. The van der Waals surface area contributed by atoms with E-state index in [1.165, 1.54) is 168 Å². The molecule has 0 radical (unpaired) electrons. The van der Waals surface area contributed by atoms with Gasteiger partial charge in [0.15, 0.2) is 0 Å². The summed E-state index contributed by atoms with van der Waals surface area (Å²) in [5.74, 6) is 17.2. The van der Waals surface area contributed by atoms with Gasteiger partial charge in [0.25, 0.3) is 0 Å². The largest absolute Gasteiger partial charge is 0.450 e. The molecule has 19 fully saturated rings. The number of fused-ring (bicyclic) bond motifs is 10. The van der Waals surface area contributed by atoms with Gasteiger partial charge >= 0.3 is 6.09 Å². The number of hydrogen-bond donors (Lipinski definition) is 0. The van der Waals surface area contributed by atoms with Crippen LogP contribution in [0.15, 0.2) is 12.2 Å². The molecule has 0 spiro atoms. The van der Waals surface area contributed by atoms with Gasteiger partial charge in [0.1, 0.15) is 0 Å². The van der Waals surface area contributed by atoms with Gasteiger partial charge in [0.05, 0.1) is 6.61 Å². The molecule has 0 aromatic heterocycles. The number of likely N-dealkylation sites (N-methyl/N-ethyl adjacent to an activating group) is 1. The average Bonchev–Trinajstić information content (AvgIpc) is 0.749. The summed E-state index contributed by atoms with van der Waals surface area (Å²) in [6, 6.07) is 2.31. The van der Waals surface area contributed by atoms with Crippen molar-refractivity contribution in [2.75, 3.05) is 72.6 Å². The van der Waals surface area contributed by atoms with Crippen molar-refractivity contribution >= 4 is 6.09 Å². The third-order valence-corrected chi connectivity index (χ3v) is 33.1. The van der Waals surface area contributed by atoms with E-state index in [0.29, 0.717) is 72.8 Å². The third kappa shape index (κ3) is 19.8. The SMILES string of the molecule is CC(C)(C)C1C2CC3CC(C2)CC1C3.CC(C)(C)C1C2CC3CC1CN(C3)C2.CC(C)(C)C1CC2CCCN(CC2)C1.CC(C)(C)C1CC2CCCN(CC2)C1.CC12CC3CC(C)(C1)C(C(C)(C)C)C(C)(C3)C2.CCOC(=O)N1C2CCC1CC(C(C)(C)C)C2.CN1C2C=CC1CC(C(C)(C)C)C2. The Kier molecular flexibility index (Phi) is 25.3. The molecule has 103 heavy (non-hydrogen) atoms. The first-order valence-electron chi connectivity index (χ1n) is 45.2. The van der Waals surface area contributed by atoms with Crippen LogP contribution in [0.25, 0.3) is 0 Å². The van der Waals surface area contributed by atoms with Gasteiger partial charge in [-0.2, -0.15) is 0 Å². The number of rotatable bonds is 1. The van der Waals surface area contributed by atoms with Crippen LogP contribution >= 0.6 is 0 Å². The van der Waals surface area contributed by atoms with Gasteiger partial charge in [-0.05, 0) is 362 Å². The van der Waals surface area contributed by atoms with Crippen molar-refractivity contribution in [2.24, 2.45) is 155 Å². The average molecular weight is 1430 g/mol. The van der Waals surface area contributed by atoms with E-state index in [1.807, 2.05) is 11.8 Å². The number of carbonyl (C=O) groups excluding carboxylic acids is 1. The molecule has 20 rings (SSSR count). The Morgan fingerprint density at radius 3 is 1.17 bits per heavy atom.